The minimum absolute atomic E-state index is 0.0807. The van der Waals surface area contributed by atoms with E-state index < -0.39 is 17.7 Å². The molecule has 0 unspecified atom stereocenters. The van der Waals surface area contributed by atoms with Crippen molar-refractivity contribution < 1.29 is 23.6 Å². The molecule has 1 fully saturated rings. The minimum atomic E-state index is -0.912. The van der Waals surface area contributed by atoms with Crippen molar-refractivity contribution in [3.05, 3.63) is 48.4 Å². The van der Waals surface area contributed by atoms with Gasteiger partial charge in [-0.05, 0) is 42.8 Å². The number of carbonyl (C=O) groups excluding carboxylic acids is 4. The van der Waals surface area contributed by atoms with Gasteiger partial charge < -0.3 is 25.3 Å². The molecule has 2 heterocycles. The molecular formula is C19H20N4O5. The number of benzene rings is 1. The number of anilines is 2. The summed E-state index contributed by atoms with van der Waals surface area (Å²) in [5.41, 5.74) is 1.30. The van der Waals surface area contributed by atoms with Crippen LogP contribution >= 0.6 is 0 Å². The summed E-state index contributed by atoms with van der Waals surface area (Å²) in [6, 6.07) is 10.2. The molecule has 0 atom stereocenters. The molecule has 1 aromatic heterocycles. The number of furan rings is 1. The smallest absolute Gasteiger partial charge is 0.309 e. The SMILES string of the molecule is O=C(CNC(=O)C(=O)NCc1ccco1)Nc1ccc(N2CCCC2=O)cc1. The average Bonchev–Trinajstić information content (AvgIpc) is 3.36. The number of nitrogens with zero attached hydrogens (tertiary/aromatic N) is 1. The predicted octanol–water partition coefficient (Wildman–Crippen LogP) is 0.777. The van der Waals surface area contributed by atoms with Crippen LogP contribution in [0.25, 0.3) is 0 Å². The molecule has 1 aliphatic heterocycles. The van der Waals surface area contributed by atoms with Gasteiger partial charge in [0.2, 0.25) is 11.8 Å². The first-order valence-electron chi connectivity index (χ1n) is 8.81. The van der Waals surface area contributed by atoms with Crippen molar-refractivity contribution in [3.63, 3.8) is 0 Å². The zero-order valence-electron chi connectivity index (χ0n) is 15.1. The number of hydrogen-bond acceptors (Lipinski definition) is 5. The maximum absolute atomic E-state index is 11.9. The highest BCUT2D eigenvalue weighted by atomic mass is 16.3. The summed E-state index contributed by atoms with van der Waals surface area (Å²) < 4.78 is 5.04. The van der Waals surface area contributed by atoms with E-state index in [1.54, 1.807) is 41.3 Å². The number of rotatable bonds is 6. The van der Waals surface area contributed by atoms with E-state index >= 15 is 0 Å². The second kappa shape index (κ2) is 8.85. The largest absolute Gasteiger partial charge is 0.467 e. The van der Waals surface area contributed by atoms with Gasteiger partial charge in [-0.2, -0.15) is 0 Å². The Kier molecular flexibility index (Phi) is 6.05. The Morgan fingerprint density at radius 1 is 1.04 bits per heavy atom. The van der Waals surface area contributed by atoms with E-state index in [1.807, 2.05) is 0 Å². The maximum atomic E-state index is 11.9. The van der Waals surface area contributed by atoms with Crippen molar-refractivity contribution >= 4 is 35.0 Å². The third-order valence-electron chi connectivity index (χ3n) is 4.16. The van der Waals surface area contributed by atoms with Crippen LogP contribution in [0.4, 0.5) is 11.4 Å². The lowest BCUT2D eigenvalue weighted by atomic mass is 10.2. The molecule has 3 N–H and O–H groups in total. The predicted molar refractivity (Wildman–Crippen MR) is 100 cm³/mol. The molecule has 4 amide bonds. The van der Waals surface area contributed by atoms with E-state index in [9.17, 15) is 19.2 Å². The topological polar surface area (TPSA) is 121 Å². The fourth-order valence-electron chi connectivity index (χ4n) is 2.75. The van der Waals surface area contributed by atoms with Crippen LogP contribution in [0, 0.1) is 0 Å². The number of amides is 4. The Bertz CT molecular complexity index is 861. The van der Waals surface area contributed by atoms with Gasteiger partial charge in [-0.25, -0.2) is 0 Å². The zero-order valence-corrected chi connectivity index (χ0v) is 15.1. The van der Waals surface area contributed by atoms with Crippen molar-refractivity contribution in [2.24, 2.45) is 0 Å². The standard InChI is InChI=1S/C19H20N4O5/c24-16(12-21-19(27)18(26)20-11-15-3-2-10-28-15)22-13-5-7-14(8-6-13)23-9-1-4-17(23)25/h2-3,5-8,10H,1,4,9,11-12H2,(H,20,26)(H,21,27)(H,22,24). The lowest BCUT2D eigenvalue weighted by Gasteiger charge is -2.16. The van der Waals surface area contributed by atoms with Crippen LogP contribution in [0.5, 0.6) is 0 Å². The molecule has 3 rings (SSSR count). The molecule has 1 aromatic carbocycles. The van der Waals surface area contributed by atoms with Crippen LogP contribution in [0.1, 0.15) is 18.6 Å². The van der Waals surface area contributed by atoms with Gasteiger partial charge in [0.05, 0.1) is 19.4 Å². The van der Waals surface area contributed by atoms with Gasteiger partial charge in [-0.3, -0.25) is 19.2 Å². The van der Waals surface area contributed by atoms with Crippen LogP contribution in [0.3, 0.4) is 0 Å². The highest BCUT2D eigenvalue weighted by molar-refractivity contribution is 6.35. The molecule has 1 saturated heterocycles. The van der Waals surface area contributed by atoms with E-state index in [0.29, 0.717) is 24.4 Å². The summed E-state index contributed by atoms with van der Waals surface area (Å²) in [4.78, 5) is 48.8. The Morgan fingerprint density at radius 3 is 2.43 bits per heavy atom. The highest BCUT2D eigenvalue weighted by Gasteiger charge is 2.21. The molecule has 28 heavy (non-hydrogen) atoms. The van der Waals surface area contributed by atoms with Crippen molar-refractivity contribution in [3.8, 4) is 0 Å². The highest BCUT2D eigenvalue weighted by Crippen LogP contribution is 2.22. The Labute approximate surface area is 161 Å². The fourth-order valence-corrected chi connectivity index (χ4v) is 2.75. The Balaban J connectivity index is 1.41. The Hall–Kier alpha value is -3.62. The van der Waals surface area contributed by atoms with Crippen molar-refractivity contribution in [1.82, 2.24) is 10.6 Å². The lowest BCUT2D eigenvalue weighted by Crippen LogP contribution is -2.42. The Morgan fingerprint density at radius 2 is 1.79 bits per heavy atom. The second-order valence-corrected chi connectivity index (χ2v) is 6.19. The molecular weight excluding hydrogens is 364 g/mol. The molecule has 0 bridgehead atoms. The van der Waals surface area contributed by atoms with Crippen molar-refractivity contribution in [1.29, 1.82) is 0 Å². The van der Waals surface area contributed by atoms with Gasteiger partial charge in [0.15, 0.2) is 0 Å². The summed E-state index contributed by atoms with van der Waals surface area (Å²) in [5, 5.41) is 7.25. The van der Waals surface area contributed by atoms with Crippen LogP contribution in [-0.2, 0) is 25.7 Å². The number of nitrogens with one attached hydrogen (secondary N) is 3. The molecule has 9 nitrogen and oxygen atoms in total. The fraction of sp³-hybridized carbons (Fsp3) is 0.263. The third kappa shape index (κ3) is 4.97. The summed E-state index contributed by atoms with van der Waals surface area (Å²) in [5.74, 6) is -1.64. The van der Waals surface area contributed by atoms with E-state index in [2.05, 4.69) is 16.0 Å². The summed E-state index contributed by atoms with van der Waals surface area (Å²) in [7, 11) is 0. The third-order valence-corrected chi connectivity index (χ3v) is 4.16. The number of carbonyl (C=O) groups is 4. The monoisotopic (exact) mass is 384 g/mol. The molecule has 9 heteroatoms. The van der Waals surface area contributed by atoms with Gasteiger partial charge in [-0.15, -0.1) is 0 Å². The normalized spacial score (nSPS) is 13.3. The zero-order chi connectivity index (χ0) is 19.9. The van der Waals surface area contributed by atoms with Crippen LogP contribution in [-0.4, -0.2) is 36.7 Å². The van der Waals surface area contributed by atoms with Gasteiger partial charge in [0.1, 0.15) is 5.76 Å². The van der Waals surface area contributed by atoms with E-state index in [-0.39, 0.29) is 19.0 Å². The molecule has 1 aliphatic rings. The lowest BCUT2D eigenvalue weighted by molar-refractivity contribution is -0.139. The summed E-state index contributed by atoms with van der Waals surface area (Å²) >= 11 is 0. The van der Waals surface area contributed by atoms with Crippen LogP contribution < -0.4 is 20.9 Å². The quantitative estimate of drug-likeness (QED) is 0.636. The molecule has 0 radical (unpaired) electrons. The van der Waals surface area contributed by atoms with Crippen molar-refractivity contribution in [2.45, 2.75) is 19.4 Å². The van der Waals surface area contributed by atoms with Gasteiger partial charge >= 0.3 is 11.8 Å². The first-order chi connectivity index (χ1) is 13.5. The average molecular weight is 384 g/mol. The van der Waals surface area contributed by atoms with Gasteiger partial charge in [-0.1, -0.05) is 0 Å². The van der Waals surface area contributed by atoms with Crippen LogP contribution in [0.15, 0.2) is 47.1 Å². The molecule has 0 saturated carbocycles. The molecule has 146 valence electrons. The molecule has 0 spiro atoms. The second-order valence-electron chi connectivity index (χ2n) is 6.19. The van der Waals surface area contributed by atoms with Crippen LogP contribution in [0.2, 0.25) is 0 Å². The molecule has 2 aromatic rings. The molecule has 0 aliphatic carbocycles. The van der Waals surface area contributed by atoms with Gasteiger partial charge in [0.25, 0.3) is 0 Å². The summed E-state index contributed by atoms with van der Waals surface area (Å²) in [6.45, 7) is 0.426. The first kappa shape index (κ1) is 19.2. The van der Waals surface area contributed by atoms with E-state index in [4.69, 9.17) is 4.42 Å². The summed E-state index contributed by atoms with van der Waals surface area (Å²) in [6.07, 6.45) is 2.85. The number of hydrogen-bond donors (Lipinski definition) is 3. The van der Waals surface area contributed by atoms with Crippen molar-refractivity contribution in [2.75, 3.05) is 23.3 Å². The van der Waals surface area contributed by atoms with E-state index in [0.717, 1.165) is 12.1 Å². The van der Waals surface area contributed by atoms with E-state index in [1.165, 1.54) is 6.26 Å². The van der Waals surface area contributed by atoms with Gasteiger partial charge in [0, 0.05) is 24.3 Å². The minimum Gasteiger partial charge on any atom is -0.467 e. The first-order valence-corrected chi connectivity index (χ1v) is 8.81. The maximum Gasteiger partial charge on any atom is 0.309 e.